The Morgan fingerprint density at radius 3 is 3.11 bits per heavy atom. The molecule has 0 spiro atoms. The second-order valence-corrected chi connectivity index (χ2v) is 2.51. The predicted molar refractivity (Wildman–Crippen MR) is 31.7 cm³/mol. The van der Waals surface area contributed by atoms with Crippen LogP contribution in [0.15, 0.2) is 12.2 Å². The van der Waals surface area contributed by atoms with Gasteiger partial charge in [-0.2, -0.15) is 0 Å². The molecule has 2 nitrogen and oxygen atoms in total. The minimum Gasteiger partial charge on any atom is -0.461 e. The van der Waals surface area contributed by atoms with Crippen LogP contribution < -0.4 is 0 Å². The van der Waals surface area contributed by atoms with E-state index in [1.807, 2.05) is 6.08 Å². The number of hydrogen-bond acceptors (Lipinski definition) is 2. The highest BCUT2D eigenvalue weighted by Crippen LogP contribution is 2.30. The molecule has 0 amide bonds. The molecular weight excluding hydrogens is 116 g/mol. The van der Waals surface area contributed by atoms with Gasteiger partial charge in [0, 0.05) is 0 Å². The summed E-state index contributed by atoms with van der Waals surface area (Å²) in [6, 6.07) is 0. The lowest BCUT2D eigenvalue weighted by Crippen LogP contribution is -2.44. The highest BCUT2D eigenvalue weighted by Gasteiger charge is 2.40. The van der Waals surface area contributed by atoms with Crippen molar-refractivity contribution in [3.63, 3.8) is 0 Å². The van der Waals surface area contributed by atoms with Crippen LogP contribution in [-0.4, -0.2) is 12.1 Å². The molecule has 48 valence electrons. The zero-order valence-corrected chi connectivity index (χ0v) is 5.04. The molecule has 0 aromatic heterocycles. The van der Waals surface area contributed by atoms with Crippen molar-refractivity contribution < 1.29 is 9.53 Å². The molecule has 1 aliphatic carbocycles. The summed E-state index contributed by atoms with van der Waals surface area (Å²) < 4.78 is 4.85. The van der Waals surface area contributed by atoms with E-state index in [1.54, 1.807) is 0 Å². The maximum Gasteiger partial charge on any atom is 0.316 e. The van der Waals surface area contributed by atoms with Crippen molar-refractivity contribution >= 4 is 5.97 Å². The lowest BCUT2D eigenvalue weighted by Gasteiger charge is -2.35. The van der Waals surface area contributed by atoms with Crippen LogP contribution in [0.25, 0.3) is 0 Å². The number of rotatable bonds is 0. The lowest BCUT2D eigenvalue weighted by atomic mass is 9.88. The Morgan fingerprint density at radius 1 is 1.67 bits per heavy atom. The summed E-state index contributed by atoms with van der Waals surface area (Å²) in [4.78, 5) is 10.6. The van der Waals surface area contributed by atoms with Gasteiger partial charge in [0.25, 0.3) is 0 Å². The molecule has 2 rings (SSSR count). The fraction of sp³-hybridized carbons (Fsp3) is 0.571. The molecule has 0 N–H and O–H groups in total. The van der Waals surface area contributed by atoms with Gasteiger partial charge in [0.05, 0.1) is 0 Å². The molecule has 9 heavy (non-hydrogen) atoms. The normalized spacial score (nSPS) is 38.9. The SMILES string of the molecule is O=C1OC2CCC=CC12. The van der Waals surface area contributed by atoms with E-state index < -0.39 is 0 Å². The van der Waals surface area contributed by atoms with Crippen molar-refractivity contribution in [1.82, 2.24) is 0 Å². The van der Waals surface area contributed by atoms with Gasteiger partial charge in [-0.05, 0) is 12.8 Å². The Hall–Kier alpha value is -0.790. The Balaban J connectivity index is 2.16. The van der Waals surface area contributed by atoms with Crippen LogP contribution in [0.4, 0.5) is 0 Å². The minimum absolute atomic E-state index is 0.0454. The highest BCUT2D eigenvalue weighted by atomic mass is 16.6. The summed E-state index contributed by atoms with van der Waals surface area (Å²) in [6.07, 6.45) is 6.32. The molecule has 1 fully saturated rings. The third kappa shape index (κ3) is 0.590. The third-order valence-corrected chi connectivity index (χ3v) is 1.90. The first-order chi connectivity index (χ1) is 4.38. The quantitative estimate of drug-likeness (QED) is 0.354. The van der Waals surface area contributed by atoms with Gasteiger partial charge in [0.15, 0.2) is 0 Å². The summed E-state index contributed by atoms with van der Waals surface area (Å²) in [7, 11) is 0. The Morgan fingerprint density at radius 2 is 2.56 bits per heavy atom. The van der Waals surface area contributed by atoms with E-state index >= 15 is 0 Å². The number of hydrogen-bond donors (Lipinski definition) is 0. The van der Waals surface area contributed by atoms with Gasteiger partial charge in [0.2, 0.25) is 0 Å². The van der Waals surface area contributed by atoms with Crippen molar-refractivity contribution in [1.29, 1.82) is 0 Å². The van der Waals surface area contributed by atoms with Gasteiger partial charge in [-0.15, -0.1) is 0 Å². The number of esters is 1. The monoisotopic (exact) mass is 124 g/mol. The smallest absolute Gasteiger partial charge is 0.316 e. The maximum atomic E-state index is 10.6. The maximum absolute atomic E-state index is 10.6. The molecule has 0 radical (unpaired) electrons. The van der Waals surface area contributed by atoms with Crippen LogP contribution in [0.3, 0.4) is 0 Å². The van der Waals surface area contributed by atoms with Gasteiger partial charge in [-0.1, -0.05) is 12.2 Å². The lowest BCUT2D eigenvalue weighted by molar-refractivity contribution is -0.180. The van der Waals surface area contributed by atoms with E-state index in [4.69, 9.17) is 4.74 Å². The zero-order chi connectivity index (χ0) is 6.27. The van der Waals surface area contributed by atoms with Crippen LogP contribution in [0, 0.1) is 5.92 Å². The summed E-state index contributed by atoms with van der Waals surface area (Å²) in [5.74, 6) is 0.0645. The second-order valence-electron chi connectivity index (χ2n) is 2.51. The molecule has 0 aromatic rings. The summed E-state index contributed by atoms with van der Waals surface area (Å²) in [5.41, 5.74) is 0. The molecule has 2 heteroatoms. The molecule has 2 unspecified atom stereocenters. The van der Waals surface area contributed by atoms with Crippen LogP contribution in [-0.2, 0) is 9.53 Å². The molecule has 1 aliphatic heterocycles. The highest BCUT2D eigenvalue weighted by molar-refractivity contribution is 5.80. The van der Waals surface area contributed by atoms with Crippen molar-refractivity contribution in [3.8, 4) is 0 Å². The largest absolute Gasteiger partial charge is 0.461 e. The third-order valence-electron chi connectivity index (χ3n) is 1.90. The number of carbonyl (C=O) groups excluding carboxylic acids is 1. The van der Waals surface area contributed by atoms with Crippen LogP contribution in [0.2, 0.25) is 0 Å². The fourth-order valence-corrected chi connectivity index (χ4v) is 1.32. The topological polar surface area (TPSA) is 26.3 Å². The molecule has 0 bridgehead atoms. The first kappa shape index (κ1) is 5.03. The molecule has 0 aromatic carbocycles. The average Bonchev–Trinajstić information content (AvgIpc) is 1.86. The molecule has 1 heterocycles. The van der Waals surface area contributed by atoms with Crippen molar-refractivity contribution in [2.75, 3.05) is 0 Å². The van der Waals surface area contributed by atoms with Crippen molar-refractivity contribution in [3.05, 3.63) is 12.2 Å². The van der Waals surface area contributed by atoms with E-state index in [0.717, 1.165) is 12.8 Å². The van der Waals surface area contributed by atoms with Crippen molar-refractivity contribution in [2.24, 2.45) is 5.92 Å². The van der Waals surface area contributed by atoms with Crippen LogP contribution in [0.1, 0.15) is 12.8 Å². The molecular formula is C7H8O2. The van der Waals surface area contributed by atoms with E-state index in [2.05, 4.69) is 6.08 Å². The Kier molecular flexibility index (Phi) is 0.891. The molecule has 2 aliphatic rings. The summed E-state index contributed by atoms with van der Waals surface area (Å²) >= 11 is 0. The van der Waals surface area contributed by atoms with E-state index in [1.165, 1.54) is 0 Å². The Bertz CT molecular complexity index is 172. The Labute approximate surface area is 53.5 Å². The number of carbonyl (C=O) groups is 1. The number of ether oxygens (including phenoxy) is 1. The molecule has 1 saturated heterocycles. The van der Waals surface area contributed by atoms with Gasteiger partial charge < -0.3 is 4.74 Å². The van der Waals surface area contributed by atoms with Crippen LogP contribution in [0.5, 0.6) is 0 Å². The average molecular weight is 124 g/mol. The second kappa shape index (κ2) is 1.59. The van der Waals surface area contributed by atoms with Gasteiger partial charge in [-0.3, -0.25) is 4.79 Å². The zero-order valence-electron chi connectivity index (χ0n) is 5.04. The van der Waals surface area contributed by atoms with Gasteiger partial charge in [-0.25, -0.2) is 0 Å². The number of allylic oxidation sites excluding steroid dienone is 1. The van der Waals surface area contributed by atoms with E-state index in [9.17, 15) is 4.79 Å². The van der Waals surface area contributed by atoms with Gasteiger partial charge >= 0.3 is 5.97 Å². The van der Waals surface area contributed by atoms with Crippen LogP contribution >= 0.6 is 0 Å². The fourth-order valence-electron chi connectivity index (χ4n) is 1.32. The minimum atomic E-state index is -0.0454. The standard InChI is InChI=1S/C7H8O2/c8-7-5-3-1-2-4-6(5)9-7/h1,3,5-6H,2,4H2. The molecule has 0 saturated carbocycles. The predicted octanol–water partition coefficient (Wildman–Crippen LogP) is 0.878. The first-order valence-electron chi connectivity index (χ1n) is 3.25. The van der Waals surface area contributed by atoms with Crippen molar-refractivity contribution in [2.45, 2.75) is 18.9 Å². The molecule has 2 atom stereocenters. The van der Waals surface area contributed by atoms with E-state index in [-0.39, 0.29) is 18.0 Å². The number of fused-ring (bicyclic) bond motifs is 1. The van der Waals surface area contributed by atoms with Gasteiger partial charge in [0.1, 0.15) is 12.0 Å². The van der Waals surface area contributed by atoms with E-state index in [0.29, 0.717) is 0 Å². The summed E-state index contributed by atoms with van der Waals surface area (Å²) in [5, 5.41) is 0. The first-order valence-corrected chi connectivity index (χ1v) is 3.25. The summed E-state index contributed by atoms with van der Waals surface area (Å²) in [6.45, 7) is 0.